The first kappa shape index (κ1) is 8.88. The van der Waals surface area contributed by atoms with Crippen LogP contribution in [0.2, 0.25) is 0 Å². The minimum atomic E-state index is -0.443. The van der Waals surface area contributed by atoms with Crippen molar-refractivity contribution in [3.05, 3.63) is 54.8 Å². The first-order chi connectivity index (χ1) is 6.77. The summed E-state index contributed by atoms with van der Waals surface area (Å²) >= 11 is 0. The number of para-hydroxylation sites is 1. The first-order valence-corrected chi connectivity index (χ1v) is 4.30. The van der Waals surface area contributed by atoms with E-state index in [1.54, 1.807) is 12.3 Å². The minimum absolute atomic E-state index is 0.443. The third-order valence-corrected chi connectivity index (χ3v) is 1.99. The lowest BCUT2D eigenvalue weighted by atomic mass is 10.1. The zero-order valence-electron chi connectivity index (χ0n) is 7.57. The third-order valence-electron chi connectivity index (χ3n) is 1.99. The average molecular weight is 186 g/mol. The Balaban J connectivity index is 2.71. The van der Waals surface area contributed by atoms with Crippen molar-refractivity contribution in [2.45, 2.75) is 0 Å². The highest BCUT2D eigenvalue weighted by molar-refractivity contribution is 5.87. The first-order valence-electron chi connectivity index (χ1n) is 4.30. The second-order valence-corrected chi connectivity index (χ2v) is 3.01. The van der Waals surface area contributed by atoms with Crippen LogP contribution in [0.15, 0.2) is 42.4 Å². The van der Waals surface area contributed by atoms with Crippen molar-refractivity contribution in [3.63, 3.8) is 0 Å². The molecule has 0 spiro atoms. The molecule has 0 amide bonds. The van der Waals surface area contributed by atoms with Crippen LogP contribution in [0.4, 0.5) is 4.39 Å². The van der Waals surface area contributed by atoms with Crippen LogP contribution >= 0.6 is 0 Å². The number of halogens is 1. The number of aromatic nitrogens is 1. The number of hydrogen-bond donors (Lipinski definition) is 0. The van der Waals surface area contributed by atoms with E-state index >= 15 is 0 Å². The molecular formula is C12H9FN. The normalized spacial score (nSPS) is 12.0. The summed E-state index contributed by atoms with van der Waals surface area (Å²) in [4.78, 5) is 4.18. The standard InChI is InChI=1S/C12H9FN/c1-9(13)8-10-6-7-14-12-5-3-2-4-11(10)12/h2-8H,1H2/b9-8+. The van der Waals surface area contributed by atoms with Crippen LogP contribution in [-0.4, -0.2) is 4.98 Å². The Kier molecular flexibility index (Phi) is 2.27. The number of allylic oxidation sites excluding steroid dienone is 1. The molecule has 1 heterocycles. The Morgan fingerprint density at radius 1 is 1.29 bits per heavy atom. The maximum atomic E-state index is 12.6. The second-order valence-electron chi connectivity index (χ2n) is 3.01. The van der Waals surface area contributed by atoms with Crippen LogP contribution in [0.1, 0.15) is 5.56 Å². The Hall–Kier alpha value is -1.70. The van der Waals surface area contributed by atoms with Crippen molar-refractivity contribution < 1.29 is 4.39 Å². The van der Waals surface area contributed by atoms with Gasteiger partial charge in [0.25, 0.3) is 0 Å². The molecule has 0 aliphatic carbocycles. The molecule has 0 N–H and O–H groups in total. The molecule has 0 atom stereocenters. The highest BCUT2D eigenvalue weighted by Gasteiger charge is 1.98. The van der Waals surface area contributed by atoms with Gasteiger partial charge in [0.05, 0.1) is 5.52 Å². The maximum Gasteiger partial charge on any atom is 0.101 e. The number of hydrogen-bond acceptors (Lipinski definition) is 1. The molecule has 2 aromatic rings. The lowest BCUT2D eigenvalue weighted by Crippen LogP contribution is -1.81. The van der Waals surface area contributed by atoms with Crippen LogP contribution in [0.25, 0.3) is 17.0 Å². The van der Waals surface area contributed by atoms with E-state index in [1.165, 1.54) is 6.08 Å². The average Bonchev–Trinajstić information content (AvgIpc) is 2.18. The summed E-state index contributed by atoms with van der Waals surface area (Å²) in [6, 6.07) is 9.39. The van der Waals surface area contributed by atoms with E-state index in [4.69, 9.17) is 0 Å². The lowest BCUT2D eigenvalue weighted by molar-refractivity contribution is 0.673. The van der Waals surface area contributed by atoms with Crippen LogP contribution < -0.4 is 0 Å². The maximum absolute atomic E-state index is 12.6. The fraction of sp³-hybridized carbons (Fsp3) is 0. The Morgan fingerprint density at radius 2 is 2.07 bits per heavy atom. The van der Waals surface area contributed by atoms with E-state index < -0.39 is 5.83 Å². The summed E-state index contributed by atoms with van der Waals surface area (Å²) in [5.41, 5.74) is 1.67. The highest BCUT2D eigenvalue weighted by atomic mass is 19.1. The molecule has 0 bridgehead atoms. The predicted molar refractivity (Wildman–Crippen MR) is 56.2 cm³/mol. The molecule has 1 aromatic heterocycles. The molecule has 1 aromatic carbocycles. The van der Waals surface area contributed by atoms with Gasteiger partial charge in [-0.3, -0.25) is 4.98 Å². The highest BCUT2D eigenvalue weighted by Crippen LogP contribution is 2.18. The van der Waals surface area contributed by atoms with Crippen LogP contribution in [0.5, 0.6) is 0 Å². The van der Waals surface area contributed by atoms with Crippen molar-refractivity contribution in [2.24, 2.45) is 0 Å². The molecule has 0 fully saturated rings. The SMILES string of the molecule is [CH2]/C(F)=C\c1ccnc2ccccc12. The largest absolute Gasteiger partial charge is 0.256 e. The van der Waals surface area contributed by atoms with Crippen molar-refractivity contribution >= 4 is 17.0 Å². The van der Waals surface area contributed by atoms with Crippen molar-refractivity contribution in [3.8, 4) is 0 Å². The fourth-order valence-electron chi connectivity index (χ4n) is 1.41. The zero-order chi connectivity index (χ0) is 9.97. The van der Waals surface area contributed by atoms with Crippen LogP contribution in [0, 0.1) is 6.92 Å². The van der Waals surface area contributed by atoms with Gasteiger partial charge in [0.2, 0.25) is 0 Å². The van der Waals surface area contributed by atoms with Gasteiger partial charge in [0.1, 0.15) is 5.83 Å². The van der Waals surface area contributed by atoms with Crippen molar-refractivity contribution in [1.29, 1.82) is 0 Å². The van der Waals surface area contributed by atoms with Gasteiger partial charge in [-0.2, -0.15) is 0 Å². The monoisotopic (exact) mass is 186 g/mol. The van der Waals surface area contributed by atoms with Crippen LogP contribution in [0.3, 0.4) is 0 Å². The van der Waals surface area contributed by atoms with E-state index in [9.17, 15) is 4.39 Å². The summed E-state index contributed by atoms with van der Waals surface area (Å²) in [5, 5.41) is 0.939. The quantitative estimate of drug-likeness (QED) is 0.665. The molecule has 2 rings (SSSR count). The predicted octanol–water partition coefficient (Wildman–Crippen LogP) is 3.38. The number of pyridine rings is 1. The van der Waals surface area contributed by atoms with Crippen molar-refractivity contribution in [1.82, 2.24) is 4.98 Å². The second kappa shape index (κ2) is 3.58. The van der Waals surface area contributed by atoms with E-state index in [0.29, 0.717) is 0 Å². The lowest BCUT2D eigenvalue weighted by Gasteiger charge is -2.00. The van der Waals surface area contributed by atoms with E-state index in [0.717, 1.165) is 16.5 Å². The number of benzene rings is 1. The molecule has 0 unspecified atom stereocenters. The number of nitrogens with zero attached hydrogens (tertiary/aromatic N) is 1. The summed E-state index contributed by atoms with van der Waals surface area (Å²) in [7, 11) is 0. The Bertz CT molecular complexity index is 479. The molecule has 1 radical (unpaired) electrons. The molecule has 2 heteroatoms. The third kappa shape index (κ3) is 1.64. The summed E-state index contributed by atoms with van der Waals surface area (Å²) in [6.45, 7) is 3.21. The molecular weight excluding hydrogens is 177 g/mol. The molecule has 0 saturated heterocycles. The van der Waals surface area contributed by atoms with E-state index in [2.05, 4.69) is 11.9 Å². The Labute approximate surface area is 81.9 Å². The van der Waals surface area contributed by atoms with Gasteiger partial charge < -0.3 is 0 Å². The molecule has 0 aliphatic heterocycles. The zero-order valence-corrected chi connectivity index (χ0v) is 7.57. The summed E-state index contributed by atoms with van der Waals surface area (Å²) in [5.74, 6) is -0.443. The number of rotatable bonds is 1. The van der Waals surface area contributed by atoms with Crippen LogP contribution in [-0.2, 0) is 0 Å². The summed E-state index contributed by atoms with van der Waals surface area (Å²) in [6.07, 6.45) is 3.07. The molecule has 1 nitrogen and oxygen atoms in total. The molecule has 0 aliphatic rings. The van der Waals surface area contributed by atoms with Crippen molar-refractivity contribution in [2.75, 3.05) is 0 Å². The van der Waals surface area contributed by atoms with E-state index in [1.807, 2.05) is 24.3 Å². The summed E-state index contributed by atoms with van der Waals surface area (Å²) < 4.78 is 12.6. The molecule has 69 valence electrons. The molecule has 0 saturated carbocycles. The van der Waals surface area contributed by atoms with E-state index in [-0.39, 0.29) is 0 Å². The fourth-order valence-corrected chi connectivity index (χ4v) is 1.41. The minimum Gasteiger partial charge on any atom is -0.256 e. The van der Waals surface area contributed by atoms with Gasteiger partial charge in [-0.1, -0.05) is 18.2 Å². The smallest absolute Gasteiger partial charge is 0.101 e. The Morgan fingerprint density at radius 3 is 2.86 bits per heavy atom. The van der Waals surface area contributed by atoms with Gasteiger partial charge in [-0.15, -0.1) is 0 Å². The molecule has 14 heavy (non-hydrogen) atoms. The number of fused-ring (bicyclic) bond motifs is 1. The van der Waals surface area contributed by atoms with Gasteiger partial charge >= 0.3 is 0 Å². The van der Waals surface area contributed by atoms with Gasteiger partial charge in [0.15, 0.2) is 0 Å². The van der Waals surface area contributed by atoms with Gasteiger partial charge in [-0.25, -0.2) is 4.39 Å². The topological polar surface area (TPSA) is 12.9 Å². The van der Waals surface area contributed by atoms with Gasteiger partial charge in [0, 0.05) is 18.5 Å². The van der Waals surface area contributed by atoms with Gasteiger partial charge in [-0.05, 0) is 23.8 Å².